The summed E-state index contributed by atoms with van der Waals surface area (Å²) in [7, 11) is 2.05. The van der Waals surface area contributed by atoms with E-state index in [1.54, 1.807) is 0 Å². The van der Waals surface area contributed by atoms with Crippen molar-refractivity contribution in [3.05, 3.63) is 145 Å². The van der Waals surface area contributed by atoms with Crippen molar-refractivity contribution in [2.75, 3.05) is 0 Å². The lowest BCUT2D eigenvalue weighted by Crippen LogP contribution is -2.06. The minimum absolute atomic E-state index is 0.326. The van der Waals surface area contributed by atoms with Crippen LogP contribution in [-0.4, -0.2) is 33.2 Å². The fraction of sp³-hybridized carbons (Fsp3) is 0.152. The topological polar surface area (TPSA) is 58.4 Å². The second-order valence-electron chi connectivity index (χ2n) is 14.7. The molecule has 0 aliphatic heterocycles. The van der Waals surface area contributed by atoms with Gasteiger partial charge in [-0.25, -0.2) is 15.0 Å². The van der Waals surface area contributed by atoms with E-state index in [9.17, 15) is 0 Å². The molecule has 0 saturated carbocycles. The predicted molar refractivity (Wildman–Crippen MR) is 218 cm³/mol. The summed E-state index contributed by atoms with van der Waals surface area (Å²) in [5.74, 6) is 3.30. The molecule has 5 heterocycles. The highest BCUT2D eigenvalue weighted by molar-refractivity contribution is 6.19. The van der Waals surface area contributed by atoms with Gasteiger partial charge in [-0.15, -0.1) is 0 Å². The average Bonchev–Trinajstić information content (AvgIpc) is 3.94. The van der Waals surface area contributed by atoms with Gasteiger partial charge in [0.05, 0.1) is 33.1 Å². The van der Waals surface area contributed by atoms with Crippen molar-refractivity contribution in [1.29, 1.82) is 0 Å². The van der Waals surface area contributed by atoms with Gasteiger partial charge in [-0.3, -0.25) is 9.13 Å². The summed E-state index contributed by atoms with van der Waals surface area (Å²) < 4.78 is 9.03. The molecule has 258 valence electrons. The van der Waals surface area contributed by atoms with Crippen LogP contribution in [0.3, 0.4) is 0 Å². The van der Waals surface area contributed by atoms with E-state index < -0.39 is 0 Å². The van der Waals surface area contributed by atoms with Gasteiger partial charge < -0.3 is 9.13 Å². The number of imidazole rings is 2. The van der Waals surface area contributed by atoms with Crippen LogP contribution in [0.5, 0.6) is 0 Å². The summed E-state index contributed by atoms with van der Waals surface area (Å²) in [6.07, 6.45) is 5.73. The molecule has 0 amide bonds. The van der Waals surface area contributed by atoms with Crippen molar-refractivity contribution in [2.45, 2.75) is 39.5 Å². The summed E-state index contributed by atoms with van der Waals surface area (Å²) in [5.41, 5.74) is 11.3. The zero-order valence-electron chi connectivity index (χ0n) is 30.5. The molecule has 53 heavy (non-hydrogen) atoms. The summed E-state index contributed by atoms with van der Waals surface area (Å²) in [5, 5.41) is 4.84. The Morgan fingerprint density at radius 1 is 0.509 bits per heavy atom. The van der Waals surface area contributed by atoms with E-state index in [0.717, 1.165) is 56.4 Å². The second kappa shape index (κ2) is 11.8. The molecular formula is C46H39N7. The summed E-state index contributed by atoms with van der Waals surface area (Å²) in [6.45, 7) is 9.06. The van der Waals surface area contributed by atoms with Crippen LogP contribution in [0.25, 0.3) is 83.5 Å². The molecule has 0 aliphatic rings. The Bertz CT molecular complexity index is 3000. The minimum atomic E-state index is 0.326. The molecule has 5 aromatic carbocycles. The zero-order valence-corrected chi connectivity index (χ0v) is 30.5. The van der Waals surface area contributed by atoms with Crippen molar-refractivity contribution in [3.8, 4) is 28.8 Å². The molecule has 7 heteroatoms. The third-order valence-corrected chi connectivity index (χ3v) is 10.8. The molecule has 5 aromatic heterocycles. The van der Waals surface area contributed by atoms with Crippen molar-refractivity contribution in [1.82, 2.24) is 33.2 Å². The van der Waals surface area contributed by atoms with Gasteiger partial charge in [0.25, 0.3) is 0 Å². The Balaban J connectivity index is 1.30. The maximum Gasteiger partial charge on any atom is 0.214 e. The molecule has 0 radical (unpaired) electrons. The van der Waals surface area contributed by atoms with E-state index in [1.807, 2.05) is 24.7 Å². The Morgan fingerprint density at radius 2 is 1.17 bits per heavy atom. The van der Waals surface area contributed by atoms with Crippen molar-refractivity contribution in [2.24, 2.45) is 7.05 Å². The monoisotopic (exact) mass is 689 g/mol. The van der Waals surface area contributed by atoms with E-state index in [1.165, 1.54) is 38.2 Å². The van der Waals surface area contributed by atoms with Crippen LogP contribution in [0.2, 0.25) is 0 Å². The molecule has 10 rings (SSSR count). The number of hydrogen-bond acceptors (Lipinski definition) is 3. The predicted octanol–water partition coefficient (Wildman–Crippen LogP) is 11.3. The fourth-order valence-electron chi connectivity index (χ4n) is 8.40. The Kier molecular flexibility index (Phi) is 6.95. The highest BCUT2D eigenvalue weighted by atomic mass is 15.2. The number of nitrogens with zero attached hydrogens (tertiary/aromatic N) is 7. The first kappa shape index (κ1) is 31.3. The number of aromatic nitrogens is 7. The molecule has 0 fully saturated rings. The van der Waals surface area contributed by atoms with Gasteiger partial charge in [-0.05, 0) is 77.6 Å². The van der Waals surface area contributed by atoms with Crippen LogP contribution in [0, 0.1) is 0 Å². The van der Waals surface area contributed by atoms with Gasteiger partial charge in [0.15, 0.2) is 0 Å². The van der Waals surface area contributed by atoms with E-state index in [-0.39, 0.29) is 0 Å². The average molecular weight is 690 g/mol. The summed E-state index contributed by atoms with van der Waals surface area (Å²) in [4.78, 5) is 15.1. The SMILES string of the molecule is CC(C)c1cccc(C(C)C)c1-c1nc2ccc(-n3c4ccccc4c4cc5c6ccccc6n(-c6nccn6C)c5cc43)cc2n1-c1ccccn1. The smallest absolute Gasteiger partial charge is 0.214 e. The lowest BCUT2D eigenvalue weighted by atomic mass is 9.88. The first-order valence-corrected chi connectivity index (χ1v) is 18.4. The molecule has 0 N–H and O–H groups in total. The normalized spacial score (nSPS) is 12.2. The van der Waals surface area contributed by atoms with Crippen LogP contribution in [0.15, 0.2) is 134 Å². The van der Waals surface area contributed by atoms with E-state index in [2.05, 4.69) is 162 Å². The van der Waals surface area contributed by atoms with Gasteiger partial charge in [0.1, 0.15) is 11.6 Å². The number of hydrogen-bond donors (Lipinski definition) is 0. The first-order valence-electron chi connectivity index (χ1n) is 18.4. The first-order chi connectivity index (χ1) is 25.9. The third kappa shape index (κ3) is 4.63. The fourth-order valence-corrected chi connectivity index (χ4v) is 8.40. The molecule has 0 saturated heterocycles. The standard InChI is InChI=1S/C46H39N7/c1-28(2)31-15-12-16-32(29(3)4)44(31)45-49-37-21-20-30(25-42(37)53(45)43-19-10-11-22-47-43)51-38-17-8-6-13-33(38)35-26-36-34-14-7-9-18-39(34)52(41(36)27-40(35)51)46-48-23-24-50(46)5/h6-29H,1-5H3. The van der Waals surface area contributed by atoms with E-state index in [0.29, 0.717) is 11.8 Å². The van der Waals surface area contributed by atoms with Gasteiger partial charge in [-0.2, -0.15) is 0 Å². The Hall–Kier alpha value is -6.47. The Morgan fingerprint density at radius 3 is 1.81 bits per heavy atom. The zero-order chi connectivity index (χ0) is 36.0. The number of rotatable bonds is 6. The second-order valence-corrected chi connectivity index (χ2v) is 14.7. The molecule has 7 nitrogen and oxygen atoms in total. The van der Waals surface area contributed by atoms with Gasteiger partial charge in [0, 0.05) is 58.4 Å². The minimum Gasteiger partial charge on any atom is -0.320 e. The van der Waals surface area contributed by atoms with Crippen molar-refractivity contribution < 1.29 is 0 Å². The molecule has 0 spiro atoms. The Labute approximate surface area is 307 Å². The number of fused-ring (bicyclic) bond motifs is 7. The maximum absolute atomic E-state index is 5.41. The molecule has 10 aromatic rings. The quantitative estimate of drug-likeness (QED) is 0.175. The van der Waals surface area contributed by atoms with Crippen LogP contribution in [-0.2, 0) is 7.05 Å². The number of para-hydroxylation sites is 2. The molecule has 0 unspecified atom stereocenters. The lowest BCUT2D eigenvalue weighted by molar-refractivity contribution is 0.832. The van der Waals surface area contributed by atoms with Gasteiger partial charge in [0.2, 0.25) is 5.95 Å². The molecule has 0 aliphatic carbocycles. The van der Waals surface area contributed by atoms with E-state index in [4.69, 9.17) is 15.0 Å². The summed E-state index contributed by atoms with van der Waals surface area (Å²) >= 11 is 0. The lowest BCUT2D eigenvalue weighted by Gasteiger charge is -2.20. The van der Waals surface area contributed by atoms with Crippen molar-refractivity contribution in [3.63, 3.8) is 0 Å². The molecule has 0 atom stereocenters. The van der Waals surface area contributed by atoms with Crippen LogP contribution >= 0.6 is 0 Å². The van der Waals surface area contributed by atoms with Gasteiger partial charge >= 0.3 is 0 Å². The highest BCUT2D eigenvalue weighted by Crippen LogP contribution is 2.42. The van der Waals surface area contributed by atoms with Gasteiger partial charge in [-0.1, -0.05) is 88.4 Å². The van der Waals surface area contributed by atoms with E-state index >= 15 is 0 Å². The maximum atomic E-state index is 5.41. The third-order valence-electron chi connectivity index (χ3n) is 10.8. The summed E-state index contributed by atoms with van der Waals surface area (Å²) in [6, 6.07) is 41.6. The van der Waals surface area contributed by atoms with Crippen LogP contribution in [0.4, 0.5) is 0 Å². The van der Waals surface area contributed by atoms with Crippen LogP contribution < -0.4 is 0 Å². The largest absolute Gasteiger partial charge is 0.320 e. The number of benzene rings is 5. The number of aryl methyl sites for hydroxylation is 1. The highest BCUT2D eigenvalue weighted by Gasteiger charge is 2.24. The molecule has 0 bridgehead atoms. The van der Waals surface area contributed by atoms with Crippen LogP contribution in [0.1, 0.15) is 50.7 Å². The van der Waals surface area contributed by atoms with Crippen molar-refractivity contribution >= 4 is 54.6 Å². The molecular weight excluding hydrogens is 651 g/mol. The number of pyridine rings is 1.